The summed E-state index contributed by atoms with van der Waals surface area (Å²) in [6.45, 7) is 5.36. The van der Waals surface area contributed by atoms with Crippen molar-refractivity contribution in [2.75, 3.05) is 19.6 Å². The van der Waals surface area contributed by atoms with Gasteiger partial charge in [-0.05, 0) is 57.2 Å². The normalized spacial score (nSPS) is 22.8. The summed E-state index contributed by atoms with van der Waals surface area (Å²) in [5, 5.41) is 11.4. The van der Waals surface area contributed by atoms with Gasteiger partial charge < -0.3 is 15.5 Å². The molecule has 150 valence electrons. The molecule has 2 atom stereocenters. The summed E-state index contributed by atoms with van der Waals surface area (Å²) >= 11 is 0. The maximum absolute atomic E-state index is 12.8. The first-order valence-electron chi connectivity index (χ1n) is 10.6. The van der Waals surface area contributed by atoms with Crippen LogP contribution in [0.25, 0.3) is 5.69 Å². The Morgan fingerprint density at radius 2 is 2.07 bits per heavy atom. The van der Waals surface area contributed by atoms with Crippen molar-refractivity contribution in [2.24, 2.45) is 5.92 Å². The molecule has 1 aromatic carbocycles. The smallest absolute Gasteiger partial charge is 0.317 e. The van der Waals surface area contributed by atoms with Gasteiger partial charge >= 0.3 is 6.03 Å². The SMILES string of the molecule is Cc1nn(-c2ccccc2)cc1CNC(=O)N1CCCC(C2CCCCN2)C1. The molecule has 4 rings (SSSR count). The van der Waals surface area contributed by atoms with E-state index in [2.05, 4.69) is 15.7 Å². The molecule has 2 aliphatic rings. The summed E-state index contributed by atoms with van der Waals surface area (Å²) in [6.07, 6.45) is 8.17. The summed E-state index contributed by atoms with van der Waals surface area (Å²) in [4.78, 5) is 14.8. The maximum Gasteiger partial charge on any atom is 0.317 e. The molecule has 0 saturated carbocycles. The van der Waals surface area contributed by atoms with Crippen LogP contribution in [-0.2, 0) is 6.54 Å². The molecule has 0 spiro atoms. The molecule has 3 heterocycles. The highest BCUT2D eigenvalue weighted by atomic mass is 16.2. The van der Waals surface area contributed by atoms with E-state index < -0.39 is 0 Å². The van der Waals surface area contributed by atoms with E-state index in [1.807, 2.05) is 53.0 Å². The van der Waals surface area contributed by atoms with Gasteiger partial charge in [-0.25, -0.2) is 9.48 Å². The maximum atomic E-state index is 12.8. The molecule has 0 aliphatic carbocycles. The van der Waals surface area contributed by atoms with Crippen molar-refractivity contribution in [3.05, 3.63) is 47.8 Å². The van der Waals surface area contributed by atoms with Crippen molar-refractivity contribution in [1.82, 2.24) is 25.3 Å². The third-order valence-electron chi connectivity index (χ3n) is 6.11. The molecule has 2 fully saturated rings. The number of hydrogen-bond donors (Lipinski definition) is 2. The van der Waals surface area contributed by atoms with E-state index in [-0.39, 0.29) is 6.03 Å². The van der Waals surface area contributed by atoms with E-state index in [4.69, 9.17) is 0 Å². The van der Waals surface area contributed by atoms with E-state index in [1.165, 1.54) is 25.7 Å². The Morgan fingerprint density at radius 1 is 1.21 bits per heavy atom. The first-order chi connectivity index (χ1) is 13.7. The quantitative estimate of drug-likeness (QED) is 0.855. The van der Waals surface area contributed by atoms with Crippen LogP contribution in [0.3, 0.4) is 0 Å². The monoisotopic (exact) mass is 381 g/mol. The minimum absolute atomic E-state index is 0.0485. The van der Waals surface area contributed by atoms with E-state index in [0.29, 0.717) is 18.5 Å². The Bertz CT molecular complexity index is 781. The predicted octanol–water partition coefficient (Wildman–Crippen LogP) is 3.24. The highest BCUT2D eigenvalue weighted by Crippen LogP contribution is 2.24. The lowest BCUT2D eigenvalue weighted by Gasteiger charge is -2.38. The van der Waals surface area contributed by atoms with Gasteiger partial charge in [-0.1, -0.05) is 24.6 Å². The van der Waals surface area contributed by atoms with Crippen molar-refractivity contribution in [1.29, 1.82) is 0 Å². The summed E-state index contributed by atoms with van der Waals surface area (Å²) < 4.78 is 1.88. The lowest BCUT2D eigenvalue weighted by molar-refractivity contribution is 0.141. The molecular weight excluding hydrogens is 350 g/mol. The molecule has 0 bridgehead atoms. The van der Waals surface area contributed by atoms with Crippen molar-refractivity contribution in [3.8, 4) is 5.69 Å². The number of rotatable bonds is 4. The van der Waals surface area contributed by atoms with Crippen LogP contribution in [0.2, 0.25) is 0 Å². The van der Waals surface area contributed by atoms with Gasteiger partial charge in [0.05, 0.1) is 11.4 Å². The van der Waals surface area contributed by atoms with Gasteiger partial charge in [0.2, 0.25) is 0 Å². The number of aryl methyl sites for hydroxylation is 1. The minimum atomic E-state index is 0.0485. The minimum Gasteiger partial charge on any atom is -0.334 e. The highest BCUT2D eigenvalue weighted by Gasteiger charge is 2.30. The molecule has 2 unspecified atom stereocenters. The number of benzene rings is 1. The lowest BCUT2D eigenvalue weighted by atomic mass is 9.86. The van der Waals surface area contributed by atoms with Gasteiger partial charge in [0.1, 0.15) is 0 Å². The Kier molecular flexibility index (Phi) is 5.95. The Balaban J connectivity index is 1.33. The Hall–Kier alpha value is -2.34. The Morgan fingerprint density at radius 3 is 2.86 bits per heavy atom. The fourth-order valence-electron chi connectivity index (χ4n) is 4.47. The Labute approximate surface area is 167 Å². The fourth-order valence-corrected chi connectivity index (χ4v) is 4.47. The van der Waals surface area contributed by atoms with Crippen LogP contribution in [0.5, 0.6) is 0 Å². The third-order valence-corrected chi connectivity index (χ3v) is 6.11. The molecule has 2 saturated heterocycles. The van der Waals surface area contributed by atoms with Gasteiger partial charge in [0.25, 0.3) is 0 Å². The summed E-state index contributed by atoms with van der Waals surface area (Å²) in [7, 11) is 0. The number of piperidine rings is 2. The molecule has 6 heteroatoms. The van der Waals surface area contributed by atoms with Gasteiger partial charge in [0.15, 0.2) is 0 Å². The number of hydrogen-bond acceptors (Lipinski definition) is 3. The summed E-state index contributed by atoms with van der Waals surface area (Å²) in [5.41, 5.74) is 3.04. The number of likely N-dealkylation sites (tertiary alicyclic amines) is 1. The van der Waals surface area contributed by atoms with E-state index >= 15 is 0 Å². The van der Waals surface area contributed by atoms with E-state index in [1.54, 1.807) is 0 Å². The number of nitrogens with one attached hydrogen (secondary N) is 2. The van der Waals surface area contributed by atoms with Crippen molar-refractivity contribution in [2.45, 2.75) is 51.6 Å². The van der Waals surface area contributed by atoms with Crippen LogP contribution >= 0.6 is 0 Å². The van der Waals surface area contributed by atoms with Crippen molar-refractivity contribution < 1.29 is 4.79 Å². The van der Waals surface area contributed by atoms with Gasteiger partial charge in [-0.3, -0.25) is 0 Å². The average Bonchev–Trinajstić information content (AvgIpc) is 3.14. The van der Waals surface area contributed by atoms with Crippen LogP contribution < -0.4 is 10.6 Å². The zero-order chi connectivity index (χ0) is 19.3. The summed E-state index contributed by atoms with van der Waals surface area (Å²) in [5.74, 6) is 0.586. The largest absolute Gasteiger partial charge is 0.334 e. The number of amides is 2. The van der Waals surface area contributed by atoms with Crippen LogP contribution in [0.15, 0.2) is 36.5 Å². The fraction of sp³-hybridized carbons (Fsp3) is 0.545. The molecule has 2 amide bonds. The van der Waals surface area contributed by atoms with Crippen LogP contribution in [0.4, 0.5) is 4.79 Å². The first kappa shape index (κ1) is 19.0. The number of carbonyl (C=O) groups excluding carboxylic acids is 1. The topological polar surface area (TPSA) is 62.2 Å². The lowest BCUT2D eigenvalue weighted by Crippen LogP contribution is -2.51. The van der Waals surface area contributed by atoms with Crippen molar-refractivity contribution >= 4 is 6.03 Å². The zero-order valence-corrected chi connectivity index (χ0v) is 16.7. The second-order valence-electron chi connectivity index (χ2n) is 8.08. The predicted molar refractivity (Wildman–Crippen MR) is 110 cm³/mol. The van der Waals surface area contributed by atoms with Crippen LogP contribution in [-0.4, -0.2) is 46.4 Å². The molecular formula is C22H31N5O. The first-order valence-corrected chi connectivity index (χ1v) is 10.6. The van der Waals surface area contributed by atoms with E-state index in [0.717, 1.165) is 43.0 Å². The zero-order valence-electron chi connectivity index (χ0n) is 16.7. The number of para-hydroxylation sites is 1. The molecule has 2 N–H and O–H groups in total. The second-order valence-corrected chi connectivity index (χ2v) is 8.08. The number of nitrogens with zero attached hydrogens (tertiary/aromatic N) is 3. The third kappa shape index (κ3) is 4.38. The average molecular weight is 382 g/mol. The molecule has 1 aromatic heterocycles. The van der Waals surface area contributed by atoms with Gasteiger partial charge in [0, 0.05) is 37.4 Å². The molecule has 28 heavy (non-hydrogen) atoms. The van der Waals surface area contributed by atoms with E-state index in [9.17, 15) is 4.79 Å². The van der Waals surface area contributed by atoms with Crippen LogP contribution in [0, 0.1) is 12.8 Å². The standard InChI is InChI=1S/C22H31N5O/c1-17-19(16-27(25-17)20-9-3-2-4-10-20)14-24-22(28)26-13-7-8-18(15-26)21-11-5-6-12-23-21/h2-4,9-10,16,18,21,23H,5-8,11-15H2,1H3,(H,24,28). The van der Waals surface area contributed by atoms with Crippen molar-refractivity contribution in [3.63, 3.8) is 0 Å². The molecule has 6 nitrogen and oxygen atoms in total. The molecule has 2 aromatic rings. The summed E-state index contributed by atoms with van der Waals surface area (Å²) in [6, 6.07) is 10.7. The van der Waals surface area contributed by atoms with Gasteiger partial charge in [-0.15, -0.1) is 0 Å². The molecule has 0 radical (unpaired) electrons. The second kappa shape index (κ2) is 8.78. The number of aromatic nitrogens is 2. The molecule has 2 aliphatic heterocycles. The van der Waals surface area contributed by atoms with Gasteiger partial charge in [-0.2, -0.15) is 5.10 Å². The number of urea groups is 1. The number of carbonyl (C=O) groups is 1. The highest BCUT2D eigenvalue weighted by molar-refractivity contribution is 5.74. The van der Waals surface area contributed by atoms with Crippen LogP contribution in [0.1, 0.15) is 43.4 Å².